The first-order chi connectivity index (χ1) is 11.1. The lowest BCUT2D eigenvalue weighted by atomic mass is 10.1. The third kappa shape index (κ3) is 2.91. The van der Waals surface area contributed by atoms with Gasteiger partial charge in [-0.2, -0.15) is 0 Å². The van der Waals surface area contributed by atoms with Crippen LogP contribution in [0.4, 0.5) is 5.69 Å². The Morgan fingerprint density at radius 1 is 1.22 bits per heavy atom. The number of fused-ring (bicyclic) bond motifs is 1. The van der Waals surface area contributed by atoms with Gasteiger partial charge in [0.15, 0.2) is 0 Å². The first kappa shape index (κ1) is 15.1. The molecule has 5 nitrogen and oxygen atoms in total. The van der Waals surface area contributed by atoms with Gasteiger partial charge in [0, 0.05) is 16.6 Å². The quantitative estimate of drug-likeness (QED) is 0.773. The number of pyridine rings is 1. The van der Waals surface area contributed by atoms with Gasteiger partial charge in [0.05, 0.1) is 18.3 Å². The molecular formula is C17H13ClN2O3. The molecule has 1 aromatic heterocycles. The van der Waals surface area contributed by atoms with Crippen LogP contribution in [0.5, 0.6) is 5.75 Å². The molecule has 0 fully saturated rings. The second-order valence-corrected chi connectivity index (χ2v) is 5.31. The van der Waals surface area contributed by atoms with Crippen LogP contribution in [0, 0.1) is 0 Å². The third-order valence-corrected chi connectivity index (χ3v) is 3.68. The molecule has 0 aliphatic rings. The maximum absolute atomic E-state index is 12.5. The van der Waals surface area contributed by atoms with E-state index in [0.29, 0.717) is 27.4 Å². The van der Waals surface area contributed by atoms with Crippen molar-refractivity contribution in [2.24, 2.45) is 0 Å². The van der Waals surface area contributed by atoms with Crippen LogP contribution in [0.3, 0.4) is 0 Å². The minimum atomic E-state index is -0.507. The molecule has 0 unspecified atom stereocenters. The molecular weight excluding hydrogens is 316 g/mol. The number of rotatable bonds is 3. The number of carbonyl (C=O) groups excluding carboxylic acids is 1. The van der Waals surface area contributed by atoms with E-state index >= 15 is 0 Å². The van der Waals surface area contributed by atoms with Gasteiger partial charge in [0.2, 0.25) is 5.43 Å². The SMILES string of the molecule is COc1ccccc1NC(=O)c1c[nH]c2cc(Cl)ccc2c1=O. The third-order valence-electron chi connectivity index (χ3n) is 3.44. The fraction of sp³-hybridized carbons (Fsp3) is 0.0588. The van der Waals surface area contributed by atoms with Gasteiger partial charge < -0.3 is 15.0 Å². The molecule has 0 bridgehead atoms. The van der Waals surface area contributed by atoms with Crippen LogP contribution in [0.1, 0.15) is 10.4 Å². The van der Waals surface area contributed by atoms with Gasteiger partial charge in [0.25, 0.3) is 5.91 Å². The Kier molecular flexibility index (Phi) is 4.04. The number of nitrogens with one attached hydrogen (secondary N) is 2. The van der Waals surface area contributed by atoms with Crippen LogP contribution >= 0.6 is 11.6 Å². The van der Waals surface area contributed by atoms with Crippen LogP contribution in [0.25, 0.3) is 10.9 Å². The van der Waals surface area contributed by atoms with E-state index in [1.165, 1.54) is 13.3 Å². The van der Waals surface area contributed by atoms with E-state index in [4.69, 9.17) is 16.3 Å². The molecule has 0 saturated heterocycles. The molecule has 2 N–H and O–H groups in total. The lowest BCUT2D eigenvalue weighted by Gasteiger charge is -2.10. The Hall–Kier alpha value is -2.79. The second kappa shape index (κ2) is 6.14. The molecule has 1 amide bonds. The summed E-state index contributed by atoms with van der Waals surface area (Å²) in [6, 6.07) is 11.8. The van der Waals surface area contributed by atoms with Crippen LogP contribution < -0.4 is 15.5 Å². The number of ether oxygens (including phenoxy) is 1. The highest BCUT2D eigenvalue weighted by atomic mass is 35.5. The van der Waals surface area contributed by atoms with Crippen molar-refractivity contribution in [2.45, 2.75) is 0 Å². The van der Waals surface area contributed by atoms with Crippen molar-refractivity contribution in [1.29, 1.82) is 0 Å². The maximum atomic E-state index is 12.5. The maximum Gasteiger partial charge on any atom is 0.261 e. The number of aromatic amines is 1. The number of aromatic nitrogens is 1. The summed E-state index contributed by atoms with van der Waals surface area (Å²) in [5, 5.41) is 3.60. The van der Waals surface area contributed by atoms with E-state index in [-0.39, 0.29) is 11.0 Å². The summed E-state index contributed by atoms with van der Waals surface area (Å²) in [5.74, 6) is 0.0115. The molecule has 1 heterocycles. The molecule has 23 heavy (non-hydrogen) atoms. The molecule has 0 spiro atoms. The average molecular weight is 329 g/mol. The van der Waals surface area contributed by atoms with E-state index in [9.17, 15) is 9.59 Å². The fourth-order valence-electron chi connectivity index (χ4n) is 2.30. The highest BCUT2D eigenvalue weighted by Crippen LogP contribution is 2.23. The largest absolute Gasteiger partial charge is 0.495 e. The number of methoxy groups -OCH3 is 1. The summed E-state index contributed by atoms with van der Waals surface area (Å²) in [6.45, 7) is 0. The van der Waals surface area contributed by atoms with E-state index in [1.54, 1.807) is 42.5 Å². The van der Waals surface area contributed by atoms with Crippen LogP contribution in [0.2, 0.25) is 5.02 Å². The Labute approximate surface area is 136 Å². The summed E-state index contributed by atoms with van der Waals surface area (Å²) in [6.07, 6.45) is 1.38. The Bertz CT molecular complexity index is 950. The Morgan fingerprint density at radius 3 is 2.78 bits per heavy atom. The highest BCUT2D eigenvalue weighted by molar-refractivity contribution is 6.31. The van der Waals surface area contributed by atoms with Gasteiger partial charge >= 0.3 is 0 Å². The van der Waals surface area contributed by atoms with Crippen LogP contribution in [-0.4, -0.2) is 18.0 Å². The lowest BCUT2D eigenvalue weighted by Crippen LogP contribution is -2.22. The summed E-state index contributed by atoms with van der Waals surface area (Å²) in [5.41, 5.74) is 0.737. The molecule has 116 valence electrons. The normalized spacial score (nSPS) is 10.5. The molecule has 3 aromatic rings. The van der Waals surface area contributed by atoms with Crippen molar-refractivity contribution in [3.05, 3.63) is 69.5 Å². The van der Waals surface area contributed by atoms with Crippen molar-refractivity contribution >= 4 is 34.1 Å². The van der Waals surface area contributed by atoms with E-state index in [2.05, 4.69) is 10.3 Å². The van der Waals surface area contributed by atoms with Crippen molar-refractivity contribution in [3.63, 3.8) is 0 Å². The molecule has 0 saturated carbocycles. The molecule has 6 heteroatoms. The second-order valence-electron chi connectivity index (χ2n) is 4.88. The number of halogens is 1. The molecule has 0 radical (unpaired) electrons. The highest BCUT2D eigenvalue weighted by Gasteiger charge is 2.15. The lowest BCUT2D eigenvalue weighted by molar-refractivity contribution is 0.102. The van der Waals surface area contributed by atoms with Gasteiger partial charge in [-0.1, -0.05) is 23.7 Å². The van der Waals surface area contributed by atoms with Crippen molar-refractivity contribution in [1.82, 2.24) is 4.98 Å². The van der Waals surface area contributed by atoms with E-state index < -0.39 is 5.91 Å². The Morgan fingerprint density at radius 2 is 2.00 bits per heavy atom. The van der Waals surface area contributed by atoms with Crippen LogP contribution in [-0.2, 0) is 0 Å². The van der Waals surface area contributed by atoms with Gasteiger partial charge in [0.1, 0.15) is 11.3 Å². The minimum absolute atomic E-state index is 0.0192. The molecule has 0 aliphatic carbocycles. The van der Waals surface area contributed by atoms with Crippen molar-refractivity contribution < 1.29 is 9.53 Å². The first-order valence-electron chi connectivity index (χ1n) is 6.85. The number of para-hydroxylation sites is 2. The predicted molar refractivity (Wildman–Crippen MR) is 90.5 cm³/mol. The zero-order valence-corrected chi connectivity index (χ0v) is 13.0. The standard InChI is InChI=1S/C17H13ClN2O3/c1-23-15-5-3-2-4-13(15)20-17(22)12-9-19-14-8-10(18)6-7-11(14)16(12)21/h2-9H,1H3,(H,19,21)(H,20,22). The Balaban J connectivity index is 2.00. The number of amides is 1. The average Bonchev–Trinajstić information content (AvgIpc) is 2.55. The van der Waals surface area contributed by atoms with Gasteiger partial charge in [-0.3, -0.25) is 9.59 Å². The summed E-state index contributed by atoms with van der Waals surface area (Å²) in [4.78, 5) is 27.8. The molecule has 0 aliphatic heterocycles. The van der Waals surface area contributed by atoms with Crippen LogP contribution in [0.15, 0.2) is 53.5 Å². The number of hydrogen-bond acceptors (Lipinski definition) is 3. The van der Waals surface area contributed by atoms with Crippen molar-refractivity contribution in [3.8, 4) is 5.75 Å². The van der Waals surface area contributed by atoms with Gasteiger partial charge in [-0.15, -0.1) is 0 Å². The smallest absolute Gasteiger partial charge is 0.261 e. The monoisotopic (exact) mass is 328 g/mol. The van der Waals surface area contributed by atoms with Crippen molar-refractivity contribution in [2.75, 3.05) is 12.4 Å². The minimum Gasteiger partial charge on any atom is -0.495 e. The van der Waals surface area contributed by atoms with E-state index in [1.807, 2.05) is 0 Å². The molecule has 0 atom stereocenters. The zero-order chi connectivity index (χ0) is 16.4. The topological polar surface area (TPSA) is 71.2 Å². The number of carbonyl (C=O) groups is 1. The van der Waals surface area contributed by atoms with Gasteiger partial charge in [-0.05, 0) is 30.3 Å². The fourth-order valence-corrected chi connectivity index (χ4v) is 2.47. The number of H-pyrrole nitrogens is 1. The van der Waals surface area contributed by atoms with Gasteiger partial charge in [-0.25, -0.2) is 0 Å². The number of anilines is 1. The number of benzene rings is 2. The molecule has 3 rings (SSSR count). The molecule has 2 aromatic carbocycles. The first-order valence-corrected chi connectivity index (χ1v) is 7.23. The zero-order valence-electron chi connectivity index (χ0n) is 12.2. The number of hydrogen-bond donors (Lipinski definition) is 2. The predicted octanol–water partition coefficient (Wildman–Crippen LogP) is 3.44. The summed E-state index contributed by atoms with van der Waals surface area (Å²) < 4.78 is 5.18. The summed E-state index contributed by atoms with van der Waals surface area (Å²) in [7, 11) is 1.51. The van der Waals surface area contributed by atoms with E-state index in [0.717, 1.165) is 0 Å². The summed E-state index contributed by atoms with van der Waals surface area (Å²) >= 11 is 5.90.